The van der Waals surface area contributed by atoms with Gasteiger partial charge in [0.15, 0.2) is 0 Å². The number of hydrogen-bond acceptors (Lipinski definition) is 11. The first-order valence-electron chi connectivity index (χ1n) is 12.6. The summed E-state index contributed by atoms with van der Waals surface area (Å²) in [5, 5.41) is 28.8. The van der Waals surface area contributed by atoms with Gasteiger partial charge in [-0.05, 0) is 24.8 Å². The SMILES string of the molecule is CC/C=C\COCOC.CCC1O[C@H]1COCOC.CC[C@H](O)[C@H](COCOC)N=[N+]=[N-].OC/C=C\CO. The monoisotopic (exact) mass is 553 g/mol. The van der Waals surface area contributed by atoms with E-state index in [4.69, 9.17) is 39.4 Å². The smallest absolute Gasteiger partial charge is 0.146 e. The largest absolute Gasteiger partial charge is 0.393 e. The molecule has 0 aromatic heterocycles. The van der Waals surface area contributed by atoms with Crippen molar-refractivity contribution in [3.8, 4) is 0 Å². The van der Waals surface area contributed by atoms with E-state index in [2.05, 4.69) is 39.4 Å². The zero-order chi connectivity index (χ0) is 29.3. The number of epoxide rings is 1. The third-order valence-electron chi connectivity index (χ3n) is 4.32. The summed E-state index contributed by atoms with van der Waals surface area (Å²) in [7, 11) is 4.73. The maximum atomic E-state index is 9.36. The minimum atomic E-state index is -0.659. The van der Waals surface area contributed by atoms with Crippen molar-refractivity contribution in [2.24, 2.45) is 5.11 Å². The van der Waals surface area contributed by atoms with Crippen molar-refractivity contribution >= 4 is 0 Å². The van der Waals surface area contributed by atoms with Crippen molar-refractivity contribution < 1.29 is 48.5 Å². The van der Waals surface area contributed by atoms with Gasteiger partial charge in [-0.15, -0.1) is 0 Å². The lowest BCUT2D eigenvalue weighted by molar-refractivity contribution is -0.0462. The quantitative estimate of drug-likeness (QED) is 0.0410. The normalized spacial score (nSPS) is 17.3. The van der Waals surface area contributed by atoms with Crippen LogP contribution in [0.25, 0.3) is 10.4 Å². The van der Waals surface area contributed by atoms with Crippen LogP contribution in [-0.2, 0) is 33.2 Å². The first-order valence-corrected chi connectivity index (χ1v) is 12.6. The van der Waals surface area contributed by atoms with E-state index < -0.39 is 12.1 Å². The number of azide groups is 1. The highest BCUT2D eigenvalue weighted by atomic mass is 16.7. The molecule has 38 heavy (non-hydrogen) atoms. The van der Waals surface area contributed by atoms with Crippen molar-refractivity contribution in [1.82, 2.24) is 0 Å². The van der Waals surface area contributed by atoms with Crippen molar-refractivity contribution in [3.63, 3.8) is 0 Å². The van der Waals surface area contributed by atoms with Crippen LogP contribution < -0.4 is 0 Å². The number of rotatable bonds is 19. The summed E-state index contributed by atoms with van der Waals surface area (Å²) in [4.78, 5) is 2.63. The van der Waals surface area contributed by atoms with Crippen LogP contribution in [0, 0.1) is 0 Å². The van der Waals surface area contributed by atoms with Crippen molar-refractivity contribution in [1.29, 1.82) is 0 Å². The zero-order valence-electron chi connectivity index (χ0n) is 23.9. The van der Waals surface area contributed by atoms with E-state index in [-0.39, 0.29) is 26.6 Å². The van der Waals surface area contributed by atoms with Gasteiger partial charge in [-0.1, -0.05) is 50.2 Å². The third kappa shape index (κ3) is 32.4. The summed E-state index contributed by atoms with van der Waals surface area (Å²) in [6.07, 6.45) is 9.82. The van der Waals surface area contributed by atoms with Gasteiger partial charge in [0.2, 0.25) is 0 Å². The zero-order valence-corrected chi connectivity index (χ0v) is 23.9. The molecule has 0 aromatic rings. The molecular formula is C25H51N3O10. The van der Waals surface area contributed by atoms with E-state index >= 15 is 0 Å². The Morgan fingerprint density at radius 3 is 1.89 bits per heavy atom. The molecule has 0 aliphatic carbocycles. The first-order chi connectivity index (χ1) is 18.5. The first kappa shape index (κ1) is 40.9. The Hall–Kier alpha value is -1.61. The summed E-state index contributed by atoms with van der Waals surface area (Å²) >= 11 is 0. The highest BCUT2D eigenvalue weighted by Crippen LogP contribution is 2.24. The molecule has 0 saturated carbocycles. The average molecular weight is 554 g/mol. The van der Waals surface area contributed by atoms with Crippen LogP contribution in [0.1, 0.15) is 40.0 Å². The maximum absolute atomic E-state index is 9.36. The standard InChI is InChI=1S/C7H15N3O3.C7H14O3.C7H14O2.C4H8O2/c1-3-7(11)6(9-10-8)4-13-5-12-2;1-3-6-7(10-6)4-9-5-8-2;1-3-4-5-6-9-7-8-2;5-3-1-2-4-6/h6-7,11H,3-5H2,1-2H3;6-7H,3-5H2,1-2H3;4-5H,3,6-7H2,1-2H3;1-2,5-6H,3-4H2/b;;5-4-;2-1-/t6-,7-;6?,7-;;/m00../s1. The second kappa shape index (κ2) is 35.4. The molecule has 1 saturated heterocycles. The number of ether oxygens (including phenoxy) is 7. The summed E-state index contributed by atoms with van der Waals surface area (Å²) < 4.78 is 34.3. The number of aliphatic hydroxyl groups is 3. The second-order valence-electron chi connectivity index (χ2n) is 7.42. The molecule has 0 spiro atoms. The number of allylic oxidation sites excluding steroid dienone is 1. The molecule has 1 heterocycles. The Bertz CT molecular complexity index is 558. The van der Waals surface area contributed by atoms with E-state index in [1.54, 1.807) is 21.1 Å². The molecule has 13 nitrogen and oxygen atoms in total. The Kier molecular flexibility index (Phi) is 38.1. The van der Waals surface area contributed by atoms with Crippen LogP contribution in [0.2, 0.25) is 0 Å². The molecule has 4 atom stereocenters. The van der Waals surface area contributed by atoms with Crippen LogP contribution in [0.3, 0.4) is 0 Å². The van der Waals surface area contributed by atoms with E-state index in [0.717, 1.165) is 12.8 Å². The second-order valence-corrected chi connectivity index (χ2v) is 7.42. The molecule has 1 aliphatic heterocycles. The summed E-state index contributed by atoms with van der Waals surface area (Å²) in [6.45, 7) is 8.43. The molecular weight excluding hydrogens is 502 g/mol. The molecule has 0 radical (unpaired) electrons. The fraction of sp³-hybridized carbons (Fsp3) is 0.840. The average Bonchev–Trinajstić information content (AvgIpc) is 3.71. The Balaban J connectivity index is -0.000000444. The Labute approximate surface area is 227 Å². The van der Waals surface area contributed by atoms with Crippen LogP contribution in [0.4, 0.5) is 0 Å². The minimum absolute atomic E-state index is 0.0144. The molecule has 0 bridgehead atoms. The molecule has 0 amide bonds. The highest BCUT2D eigenvalue weighted by Gasteiger charge is 2.36. The van der Waals surface area contributed by atoms with Gasteiger partial charge in [0, 0.05) is 26.2 Å². The predicted molar refractivity (Wildman–Crippen MR) is 144 cm³/mol. The minimum Gasteiger partial charge on any atom is -0.393 e. The van der Waals surface area contributed by atoms with Gasteiger partial charge in [0.1, 0.15) is 26.5 Å². The Morgan fingerprint density at radius 1 is 0.868 bits per heavy atom. The molecule has 3 N–H and O–H groups in total. The molecule has 226 valence electrons. The van der Waals surface area contributed by atoms with Gasteiger partial charge in [-0.2, -0.15) is 0 Å². The van der Waals surface area contributed by atoms with Gasteiger partial charge in [0.05, 0.1) is 51.3 Å². The van der Waals surface area contributed by atoms with Gasteiger partial charge < -0.3 is 48.5 Å². The summed E-state index contributed by atoms with van der Waals surface area (Å²) in [5.74, 6) is 0. The number of hydrogen-bond donors (Lipinski definition) is 3. The Morgan fingerprint density at radius 2 is 1.45 bits per heavy atom. The van der Waals surface area contributed by atoms with Gasteiger partial charge >= 0.3 is 0 Å². The number of aliphatic hydroxyl groups excluding tert-OH is 3. The van der Waals surface area contributed by atoms with Crippen LogP contribution in [0.5, 0.6) is 0 Å². The van der Waals surface area contributed by atoms with Gasteiger partial charge in [-0.25, -0.2) is 0 Å². The van der Waals surface area contributed by atoms with Crippen LogP contribution >= 0.6 is 0 Å². The van der Waals surface area contributed by atoms with Crippen molar-refractivity contribution in [2.45, 2.75) is 64.4 Å². The molecule has 1 rings (SSSR count). The maximum Gasteiger partial charge on any atom is 0.146 e. The lowest BCUT2D eigenvalue weighted by Crippen LogP contribution is -2.28. The van der Waals surface area contributed by atoms with Gasteiger partial charge in [-0.3, -0.25) is 0 Å². The molecule has 1 aliphatic rings. The fourth-order valence-corrected chi connectivity index (χ4v) is 2.33. The van der Waals surface area contributed by atoms with Crippen LogP contribution in [-0.4, -0.2) is 114 Å². The summed E-state index contributed by atoms with van der Waals surface area (Å²) in [5.41, 5.74) is 8.20. The topological polar surface area (TPSA) is 177 Å². The molecule has 13 heteroatoms. The third-order valence-corrected chi connectivity index (χ3v) is 4.32. The highest BCUT2D eigenvalue weighted by molar-refractivity contribution is 4.82. The van der Waals surface area contributed by atoms with E-state index in [0.29, 0.717) is 45.4 Å². The van der Waals surface area contributed by atoms with E-state index in [1.807, 2.05) is 6.08 Å². The fourth-order valence-electron chi connectivity index (χ4n) is 2.33. The predicted octanol–water partition coefficient (Wildman–Crippen LogP) is 2.94. The van der Waals surface area contributed by atoms with Gasteiger partial charge in [0.25, 0.3) is 0 Å². The lowest BCUT2D eigenvalue weighted by Gasteiger charge is -2.16. The van der Waals surface area contributed by atoms with Crippen molar-refractivity contribution in [2.75, 3.05) is 74.7 Å². The van der Waals surface area contributed by atoms with Crippen molar-refractivity contribution in [3.05, 3.63) is 34.7 Å². The molecule has 1 fully saturated rings. The molecule has 1 unspecified atom stereocenters. The van der Waals surface area contributed by atoms with E-state index in [1.165, 1.54) is 19.3 Å². The number of methoxy groups -OCH3 is 3. The summed E-state index contributed by atoms with van der Waals surface area (Å²) in [6, 6.07) is -0.537. The lowest BCUT2D eigenvalue weighted by atomic mass is 10.1. The molecule has 0 aromatic carbocycles. The number of nitrogens with zero attached hydrogens (tertiary/aromatic N) is 3. The van der Waals surface area contributed by atoms with E-state index in [9.17, 15) is 5.11 Å². The van der Waals surface area contributed by atoms with Crippen LogP contribution in [0.15, 0.2) is 29.4 Å².